The van der Waals surface area contributed by atoms with E-state index in [1.807, 2.05) is 42.5 Å². The molecule has 24 heavy (non-hydrogen) atoms. The van der Waals surface area contributed by atoms with Gasteiger partial charge in [-0.3, -0.25) is 9.78 Å². The van der Waals surface area contributed by atoms with Crippen LogP contribution < -0.4 is 4.74 Å². The first kappa shape index (κ1) is 17.2. The average molecular weight is 321 g/mol. The van der Waals surface area contributed by atoms with Crippen LogP contribution in [0.5, 0.6) is 5.75 Å². The highest BCUT2D eigenvalue weighted by atomic mass is 16.5. The molecule has 0 fully saturated rings. The van der Waals surface area contributed by atoms with E-state index in [0.29, 0.717) is 19.6 Å². The van der Waals surface area contributed by atoms with Gasteiger partial charge in [-0.15, -0.1) is 0 Å². The van der Waals surface area contributed by atoms with Crippen molar-refractivity contribution < 1.29 is 9.53 Å². The van der Waals surface area contributed by atoms with Crippen molar-refractivity contribution in [1.29, 1.82) is 5.26 Å². The first-order valence-electron chi connectivity index (χ1n) is 7.61. The minimum Gasteiger partial charge on any atom is -0.489 e. The number of amides is 1. The Morgan fingerprint density at radius 3 is 2.79 bits per heavy atom. The van der Waals surface area contributed by atoms with E-state index in [1.165, 1.54) is 11.0 Å². The van der Waals surface area contributed by atoms with E-state index in [9.17, 15) is 4.79 Å². The second-order valence-electron chi connectivity index (χ2n) is 5.22. The van der Waals surface area contributed by atoms with E-state index in [2.05, 4.69) is 4.98 Å². The molecule has 1 aromatic carbocycles. The van der Waals surface area contributed by atoms with E-state index in [0.717, 1.165) is 16.9 Å². The SMILES string of the molecule is CN(CCC#N)C(=O)/C=C/c1ccc(OCc2cccnc2)cc1. The van der Waals surface area contributed by atoms with Gasteiger partial charge < -0.3 is 9.64 Å². The van der Waals surface area contributed by atoms with Crippen LogP contribution in [0.25, 0.3) is 6.08 Å². The Balaban J connectivity index is 1.86. The fourth-order valence-electron chi connectivity index (χ4n) is 1.95. The van der Waals surface area contributed by atoms with E-state index < -0.39 is 0 Å². The van der Waals surface area contributed by atoms with Gasteiger partial charge in [0.1, 0.15) is 12.4 Å². The van der Waals surface area contributed by atoms with Crippen molar-refractivity contribution in [1.82, 2.24) is 9.88 Å². The topological polar surface area (TPSA) is 66.2 Å². The van der Waals surface area contributed by atoms with Gasteiger partial charge in [0.15, 0.2) is 0 Å². The van der Waals surface area contributed by atoms with E-state index in [4.69, 9.17) is 10.00 Å². The molecule has 5 nitrogen and oxygen atoms in total. The fourth-order valence-corrected chi connectivity index (χ4v) is 1.95. The number of nitriles is 1. The zero-order chi connectivity index (χ0) is 17.2. The standard InChI is InChI=1S/C19H19N3O2/c1-22(13-3-11-20)19(23)10-7-16-5-8-18(9-6-16)24-15-17-4-2-12-21-14-17/h2,4-10,12,14H,3,13,15H2,1H3/b10-7+. The van der Waals surface area contributed by atoms with Crippen LogP contribution in [0.3, 0.4) is 0 Å². The lowest BCUT2D eigenvalue weighted by atomic mass is 10.2. The summed E-state index contributed by atoms with van der Waals surface area (Å²) in [6.07, 6.45) is 7.08. The van der Waals surface area contributed by atoms with Gasteiger partial charge in [-0.05, 0) is 29.8 Å². The summed E-state index contributed by atoms with van der Waals surface area (Å²) in [5.74, 6) is 0.635. The highest BCUT2D eigenvalue weighted by molar-refractivity contribution is 5.91. The maximum absolute atomic E-state index is 11.8. The summed E-state index contributed by atoms with van der Waals surface area (Å²) in [6.45, 7) is 0.895. The molecular formula is C19H19N3O2. The molecule has 1 heterocycles. The molecule has 0 atom stereocenters. The van der Waals surface area contributed by atoms with E-state index in [-0.39, 0.29) is 5.91 Å². The molecule has 5 heteroatoms. The Morgan fingerprint density at radius 1 is 1.33 bits per heavy atom. The largest absolute Gasteiger partial charge is 0.489 e. The van der Waals surface area contributed by atoms with Gasteiger partial charge in [-0.1, -0.05) is 18.2 Å². The van der Waals surface area contributed by atoms with Gasteiger partial charge in [0.25, 0.3) is 0 Å². The second-order valence-corrected chi connectivity index (χ2v) is 5.22. The zero-order valence-corrected chi connectivity index (χ0v) is 13.6. The number of pyridine rings is 1. The smallest absolute Gasteiger partial charge is 0.246 e. The van der Waals surface area contributed by atoms with E-state index >= 15 is 0 Å². The molecule has 0 bridgehead atoms. The molecule has 0 aliphatic carbocycles. The van der Waals surface area contributed by atoms with Crippen LogP contribution in [-0.4, -0.2) is 29.4 Å². The van der Waals surface area contributed by atoms with Crippen molar-refractivity contribution in [3.63, 3.8) is 0 Å². The number of aromatic nitrogens is 1. The van der Waals surface area contributed by atoms with Crippen molar-refractivity contribution in [2.75, 3.05) is 13.6 Å². The molecule has 0 saturated carbocycles. The number of benzene rings is 1. The van der Waals surface area contributed by atoms with Crippen LogP contribution in [0.1, 0.15) is 17.5 Å². The Labute approximate surface area is 141 Å². The van der Waals surface area contributed by atoms with Gasteiger partial charge in [0.05, 0.1) is 12.5 Å². The minimum absolute atomic E-state index is 0.123. The van der Waals surface area contributed by atoms with Crippen LogP contribution >= 0.6 is 0 Å². The molecular weight excluding hydrogens is 302 g/mol. The van der Waals surface area contributed by atoms with Crippen LogP contribution in [-0.2, 0) is 11.4 Å². The molecule has 0 aliphatic heterocycles. The third-order valence-electron chi connectivity index (χ3n) is 3.36. The highest BCUT2D eigenvalue weighted by Gasteiger charge is 2.03. The number of nitrogens with zero attached hydrogens (tertiary/aromatic N) is 3. The molecule has 0 saturated heterocycles. The summed E-state index contributed by atoms with van der Waals surface area (Å²) in [4.78, 5) is 17.4. The van der Waals surface area contributed by atoms with Gasteiger partial charge in [-0.25, -0.2) is 0 Å². The molecule has 1 amide bonds. The molecule has 2 rings (SSSR count). The van der Waals surface area contributed by atoms with Gasteiger partial charge in [0, 0.05) is 37.6 Å². The van der Waals surface area contributed by atoms with Gasteiger partial charge in [-0.2, -0.15) is 5.26 Å². The molecule has 1 aromatic heterocycles. The maximum atomic E-state index is 11.8. The Kier molecular flexibility index (Phi) is 6.54. The zero-order valence-electron chi connectivity index (χ0n) is 13.6. The van der Waals surface area contributed by atoms with Crippen LogP contribution in [0.15, 0.2) is 54.9 Å². The van der Waals surface area contributed by atoms with Gasteiger partial charge >= 0.3 is 0 Å². The fraction of sp³-hybridized carbons (Fsp3) is 0.211. The molecule has 0 unspecified atom stereocenters. The number of carbonyl (C=O) groups excluding carboxylic acids is 1. The first-order chi connectivity index (χ1) is 11.7. The predicted molar refractivity (Wildman–Crippen MR) is 91.9 cm³/mol. The number of likely N-dealkylation sites (N-methyl/N-ethyl adjacent to an activating group) is 1. The highest BCUT2D eigenvalue weighted by Crippen LogP contribution is 2.15. The number of rotatable bonds is 7. The molecule has 0 radical (unpaired) electrons. The lowest BCUT2D eigenvalue weighted by Crippen LogP contribution is -2.25. The molecule has 0 aliphatic rings. The molecule has 122 valence electrons. The summed E-state index contributed by atoms with van der Waals surface area (Å²) < 4.78 is 5.69. The Bertz CT molecular complexity index is 719. The lowest BCUT2D eigenvalue weighted by Gasteiger charge is -2.12. The summed E-state index contributed by atoms with van der Waals surface area (Å²) in [5, 5.41) is 8.53. The van der Waals surface area contributed by atoms with Crippen molar-refractivity contribution >= 4 is 12.0 Å². The third-order valence-corrected chi connectivity index (χ3v) is 3.36. The van der Waals surface area contributed by atoms with E-state index in [1.54, 1.807) is 25.5 Å². The minimum atomic E-state index is -0.123. The monoisotopic (exact) mass is 321 g/mol. The normalized spacial score (nSPS) is 10.3. The number of carbonyl (C=O) groups is 1. The molecule has 0 N–H and O–H groups in total. The quantitative estimate of drug-likeness (QED) is 0.735. The Morgan fingerprint density at radius 2 is 2.12 bits per heavy atom. The second kappa shape index (κ2) is 9.11. The predicted octanol–water partition coefficient (Wildman–Crippen LogP) is 3.05. The van der Waals surface area contributed by atoms with Crippen molar-refractivity contribution in [3.05, 3.63) is 66.0 Å². The Hall–Kier alpha value is -3.13. The summed E-state index contributed by atoms with van der Waals surface area (Å²) in [7, 11) is 1.68. The lowest BCUT2D eigenvalue weighted by molar-refractivity contribution is -0.124. The van der Waals surface area contributed by atoms with Crippen LogP contribution in [0, 0.1) is 11.3 Å². The maximum Gasteiger partial charge on any atom is 0.246 e. The number of hydrogen-bond donors (Lipinski definition) is 0. The summed E-state index contributed by atoms with van der Waals surface area (Å²) >= 11 is 0. The summed E-state index contributed by atoms with van der Waals surface area (Å²) in [5.41, 5.74) is 1.92. The first-order valence-corrected chi connectivity index (χ1v) is 7.61. The number of hydrogen-bond acceptors (Lipinski definition) is 4. The number of ether oxygens (including phenoxy) is 1. The van der Waals surface area contributed by atoms with Crippen LogP contribution in [0.4, 0.5) is 0 Å². The average Bonchev–Trinajstić information content (AvgIpc) is 2.64. The summed E-state index contributed by atoms with van der Waals surface area (Å²) in [6, 6.07) is 13.3. The van der Waals surface area contributed by atoms with Gasteiger partial charge in [0.2, 0.25) is 5.91 Å². The molecule has 2 aromatic rings. The third kappa shape index (κ3) is 5.58. The van der Waals surface area contributed by atoms with Crippen molar-refractivity contribution in [2.24, 2.45) is 0 Å². The van der Waals surface area contributed by atoms with Crippen molar-refractivity contribution in [2.45, 2.75) is 13.0 Å². The van der Waals surface area contributed by atoms with Crippen molar-refractivity contribution in [3.8, 4) is 11.8 Å². The van der Waals surface area contributed by atoms with Crippen LogP contribution in [0.2, 0.25) is 0 Å². The molecule has 0 spiro atoms.